The van der Waals surface area contributed by atoms with E-state index in [4.69, 9.17) is 13.9 Å². The summed E-state index contributed by atoms with van der Waals surface area (Å²) in [6, 6.07) is 19.5. The van der Waals surface area contributed by atoms with Gasteiger partial charge in [-0.25, -0.2) is 0 Å². The molecule has 34 heavy (non-hydrogen) atoms. The van der Waals surface area contributed by atoms with Crippen LogP contribution in [0.1, 0.15) is 6.92 Å². The van der Waals surface area contributed by atoms with E-state index in [1.165, 1.54) is 5.69 Å². The topological polar surface area (TPSA) is 67.2 Å². The van der Waals surface area contributed by atoms with E-state index in [0.29, 0.717) is 11.4 Å². The summed E-state index contributed by atoms with van der Waals surface area (Å²) in [6.45, 7) is 5.28. The Morgan fingerprint density at radius 2 is 1.65 bits per heavy atom. The van der Waals surface area contributed by atoms with Crippen molar-refractivity contribution in [2.45, 2.75) is 13.0 Å². The van der Waals surface area contributed by atoms with Crippen LogP contribution >= 0.6 is 0 Å². The van der Waals surface area contributed by atoms with Gasteiger partial charge in [0.25, 0.3) is 0 Å². The molecule has 1 fully saturated rings. The molecule has 7 nitrogen and oxygen atoms in total. The van der Waals surface area contributed by atoms with E-state index in [2.05, 4.69) is 27.2 Å². The number of para-hydroxylation sites is 1. The van der Waals surface area contributed by atoms with Crippen LogP contribution in [0.25, 0.3) is 21.9 Å². The first-order valence-electron chi connectivity index (χ1n) is 11.5. The maximum atomic E-state index is 13.1. The number of nitrogens with one attached hydrogen (secondary N) is 1. The fraction of sp³-hybridized carbons (Fsp3) is 0.296. The number of carbonyl (C=O) groups is 1. The summed E-state index contributed by atoms with van der Waals surface area (Å²) in [5, 5.41) is 5.05. The lowest BCUT2D eigenvalue weighted by Gasteiger charge is -2.38. The lowest BCUT2D eigenvalue weighted by atomic mass is 10.1. The lowest BCUT2D eigenvalue weighted by Crippen LogP contribution is -2.52. The SMILES string of the molecule is COc1ccc(N2CCN([C@H](C)C(=O)Nc3cc4oc5ccccc5c4cc3OC)CC2)cc1. The van der Waals surface area contributed by atoms with Crippen LogP contribution in [0, 0.1) is 0 Å². The standard InChI is InChI=1S/C27H29N3O4/c1-18(29-12-14-30(15-13-29)19-8-10-20(32-2)11-9-19)27(31)28-23-17-25-22(16-26(23)33-3)21-6-4-5-7-24(21)34-25/h4-11,16-18H,12-15H2,1-3H3,(H,28,31)/t18-/m1/s1. The molecule has 176 valence electrons. The summed E-state index contributed by atoms with van der Waals surface area (Å²) in [7, 11) is 3.28. The van der Waals surface area contributed by atoms with Gasteiger partial charge < -0.3 is 24.1 Å². The van der Waals surface area contributed by atoms with Crippen LogP contribution in [0.15, 0.2) is 65.1 Å². The predicted octanol–water partition coefficient (Wildman–Crippen LogP) is 4.75. The van der Waals surface area contributed by atoms with Crippen molar-refractivity contribution < 1.29 is 18.7 Å². The van der Waals surface area contributed by atoms with Crippen molar-refractivity contribution in [3.05, 3.63) is 60.7 Å². The highest BCUT2D eigenvalue weighted by atomic mass is 16.5. The molecule has 2 heterocycles. The zero-order valence-electron chi connectivity index (χ0n) is 19.7. The van der Waals surface area contributed by atoms with E-state index in [-0.39, 0.29) is 11.9 Å². The van der Waals surface area contributed by atoms with E-state index in [9.17, 15) is 4.79 Å². The van der Waals surface area contributed by atoms with Crippen molar-refractivity contribution >= 4 is 39.2 Å². The minimum Gasteiger partial charge on any atom is -0.497 e. The number of hydrogen-bond donors (Lipinski definition) is 1. The van der Waals surface area contributed by atoms with Crippen LogP contribution in [0.2, 0.25) is 0 Å². The van der Waals surface area contributed by atoms with Crippen LogP contribution < -0.4 is 19.7 Å². The number of hydrogen-bond acceptors (Lipinski definition) is 6. The molecule has 1 N–H and O–H groups in total. The summed E-state index contributed by atoms with van der Waals surface area (Å²) in [4.78, 5) is 17.7. The second kappa shape index (κ2) is 9.27. The number of piperazine rings is 1. The van der Waals surface area contributed by atoms with E-state index in [0.717, 1.165) is 53.9 Å². The van der Waals surface area contributed by atoms with Gasteiger partial charge in [0.05, 0.1) is 25.9 Å². The average Bonchev–Trinajstić information content (AvgIpc) is 3.25. The second-order valence-electron chi connectivity index (χ2n) is 8.53. The maximum Gasteiger partial charge on any atom is 0.241 e. The van der Waals surface area contributed by atoms with Gasteiger partial charge in [0.1, 0.15) is 22.7 Å². The summed E-state index contributed by atoms with van der Waals surface area (Å²) in [6.07, 6.45) is 0. The van der Waals surface area contributed by atoms with Crippen molar-refractivity contribution in [1.29, 1.82) is 0 Å². The third kappa shape index (κ3) is 4.15. The number of benzene rings is 3. The van der Waals surface area contributed by atoms with E-state index < -0.39 is 0 Å². The van der Waals surface area contributed by atoms with Crippen LogP contribution in [0.4, 0.5) is 11.4 Å². The van der Waals surface area contributed by atoms with Crippen molar-refractivity contribution in [2.75, 3.05) is 50.6 Å². The first-order chi connectivity index (χ1) is 16.6. The molecule has 1 aliphatic rings. The number of anilines is 2. The molecule has 1 aliphatic heterocycles. The van der Waals surface area contributed by atoms with Gasteiger partial charge in [-0.1, -0.05) is 18.2 Å². The first kappa shape index (κ1) is 22.1. The molecule has 0 aliphatic carbocycles. The van der Waals surface area contributed by atoms with Gasteiger partial charge in [-0.3, -0.25) is 9.69 Å². The lowest BCUT2D eigenvalue weighted by molar-refractivity contribution is -0.120. The van der Waals surface area contributed by atoms with Crippen LogP contribution in [-0.2, 0) is 4.79 Å². The van der Waals surface area contributed by atoms with Gasteiger partial charge in [0.15, 0.2) is 0 Å². The van der Waals surface area contributed by atoms with Crippen molar-refractivity contribution in [2.24, 2.45) is 0 Å². The van der Waals surface area contributed by atoms with Gasteiger partial charge in [-0.05, 0) is 43.3 Å². The molecule has 1 saturated heterocycles. The van der Waals surface area contributed by atoms with Gasteiger partial charge >= 0.3 is 0 Å². The molecule has 0 saturated carbocycles. The molecule has 1 aromatic heterocycles. The number of fused-ring (bicyclic) bond motifs is 3. The highest BCUT2D eigenvalue weighted by molar-refractivity contribution is 6.08. The number of furan rings is 1. The Hall–Kier alpha value is -3.71. The van der Waals surface area contributed by atoms with E-state index >= 15 is 0 Å². The van der Waals surface area contributed by atoms with Gasteiger partial charge in [-0.15, -0.1) is 0 Å². The number of carbonyl (C=O) groups excluding carboxylic acids is 1. The van der Waals surface area contributed by atoms with Crippen LogP contribution in [0.5, 0.6) is 11.5 Å². The summed E-state index contributed by atoms with van der Waals surface area (Å²) >= 11 is 0. The molecular formula is C27H29N3O4. The number of amides is 1. The smallest absolute Gasteiger partial charge is 0.241 e. The molecule has 0 unspecified atom stereocenters. The van der Waals surface area contributed by atoms with E-state index in [1.807, 2.05) is 55.5 Å². The molecule has 0 radical (unpaired) electrons. The third-order valence-electron chi connectivity index (χ3n) is 6.64. The number of ether oxygens (including phenoxy) is 2. The molecule has 1 amide bonds. The van der Waals surface area contributed by atoms with E-state index in [1.54, 1.807) is 14.2 Å². The Morgan fingerprint density at radius 1 is 0.912 bits per heavy atom. The molecule has 3 aromatic carbocycles. The molecule has 0 bridgehead atoms. The fourth-order valence-corrected chi connectivity index (χ4v) is 4.58. The van der Waals surface area contributed by atoms with Gasteiger partial charge in [0.2, 0.25) is 5.91 Å². The van der Waals surface area contributed by atoms with Crippen molar-refractivity contribution in [1.82, 2.24) is 4.90 Å². The number of methoxy groups -OCH3 is 2. The third-order valence-corrected chi connectivity index (χ3v) is 6.64. The van der Waals surface area contributed by atoms with Crippen molar-refractivity contribution in [3.63, 3.8) is 0 Å². The first-order valence-corrected chi connectivity index (χ1v) is 11.5. The van der Waals surface area contributed by atoms with Crippen LogP contribution in [-0.4, -0.2) is 57.2 Å². The molecule has 7 heteroatoms. The predicted molar refractivity (Wildman–Crippen MR) is 135 cm³/mol. The Bertz CT molecular complexity index is 1310. The molecule has 1 atom stereocenters. The van der Waals surface area contributed by atoms with Gasteiger partial charge in [0, 0.05) is 48.7 Å². The largest absolute Gasteiger partial charge is 0.497 e. The Labute approximate surface area is 198 Å². The van der Waals surface area contributed by atoms with Crippen LogP contribution in [0.3, 0.4) is 0 Å². The Balaban J connectivity index is 1.27. The maximum absolute atomic E-state index is 13.1. The number of rotatable bonds is 6. The zero-order valence-corrected chi connectivity index (χ0v) is 19.7. The molecular weight excluding hydrogens is 430 g/mol. The average molecular weight is 460 g/mol. The minimum absolute atomic E-state index is 0.0633. The summed E-state index contributed by atoms with van der Waals surface area (Å²) in [5.74, 6) is 1.40. The Morgan fingerprint density at radius 3 is 2.35 bits per heavy atom. The minimum atomic E-state index is -0.269. The summed E-state index contributed by atoms with van der Waals surface area (Å²) < 4.78 is 16.8. The molecule has 4 aromatic rings. The zero-order chi connectivity index (χ0) is 23.7. The molecule has 0 spiro atoms. The highest BCUT2D eigenvalue weighted by Crippen LogP contribution is 2.36. The van der Waals surface area contributed by atoms with Gasteiger partial charge in [-0.2, -0.15) is 0 Å². The highest BCUT2D eigenvalue weighted by Gasteiger charge is 2.26. The monoisotopic (exact) mass is 459 g/mol. The van der Waals surface area contributed by atoms with Crippen molar-refractivity contribution in [3.8, 4) is 11.5 Å². The number of nitrogens with zero attached hydrogens (tertiary/aromatic N) is 2. The second-order valence-corrected chi connectivity index (χ2v) is 8.53. The summed E-state index contributed by atoms with van der Waals surface area (Å²) in [5.41, 5.74) is 3.31. The Kier molecular flexibility index (Phi) is 6.02. The molecule has 5 rings (SSSR count). The fourth-order valence-electron chi connectivity index (χ4n) is 4.58. The normalized spacial score (nSPS) is 15.4. The quantitative estimate of drug-likeness (QED) is 0.449.